The SMILES string of the molecule is C#CC(C)(C)c1ccccc1Oc1ccccc1. The van der Waals surface area contributed by atoms with Crippen LogP contribution in [0.4, 0.5) is 0 Å². The highest BCUT2D eigenvalue weighted by Gasteiger charge is 2.21. The van der Waals surface area contributed by atoms with Crippen molar-refractivity contribution in [3.8, 4) is 23.8 Å². The fraction of sp³-hybridized carbons (Fsp3) is 0.176. The van der Waals surface area contributed by atoms with Crippen molar-refractivity contribution in [3.05, 3.63) is 60.2 Å². The summed E-state index contributed by atoms with van der Waals surface area (Å²) in [6.07, 6.45) is 5.60. The van der Waals surface area contributed by atoms with Gasteiger partial charge in [0, 0.05) is 5.56 Å². The molecule has 0 aliphatic carbocycles. The van der Waals surface area contributed by atoms with E-state index in [2.05, 4.69) is 5.92 Å². The highest BCUT2D eigenvalue weighted by atomic mass is 16.5. The van der Waals surface area contributed by atoms with E-state index in [1.165, 1.54) is 0 Å². The molecule has 0 atom stereocenters. The van der Waals surface area contributed by atoms with Gasteiger partial charge in [0.2, 0.25) is 0 Å². The molecule has 2 aromatic rings. The number of ether oxygens (including phenoxy) is 1. The Balaban J connectivity index is 2.38. The van der Waals surface area contributed by atoms with Crippen LogP contribution in [0.1, 0.15) is 19.4 Å². The van der Waals surface area contributed by atoms with Crippen LogP contribution in [0.15, 0.2) is 54.6 Å². The Hall–Kier alpha value is -2.20. The van der Waals surface area contributed by atoms with Gasteiger partial charge in [-0.3, -0.25) is 0 Å². The molecule has 0 spiro atoms. The molecule has 1 nitrogen and oxygen atoms in total. The van der Waals surface area contributed by atoms with E-state index in [1.54, 1.807) is 0 Å². The molecule has 0 aliphatic heterocycles. The maximum absolute atomic E-state index is 5.90. The van der Waals surface area contributed by atoms with Crippen LogP contribution in [0.25, 0.3) is 0 Å². The molecule has 0 saturated carbocycles. The summed E-state index contributed by atoms with van der Waals surface area (Å²) in [5.41, 5.74) is 0.683. The number of para-hydroxylation sites is 2. The summed E-state index contributed by atoms with van der Waals surface area (Å²) in [5.74, 6) is 4.43. The largest absolute Gasteiger partial charge is 0.457 e. The van der Waals surface area contributed by atoms with Crippen LogP contribution < -0.4 is 4.74 Å². The Morgan fingerprint density at radius 2 is 1.56 bits per heavy atom. The first-order valence-electron chi connectivity index (χ1n) is 5.93. The third kappa shape index (κ3) is 2.55. The lowest BCUT2D eigenvalue weighted by Crippen LogP contribution is -2.14. The Kier molecular flexibility index (Phi) is 3.39. The molecule has 0 N–H and O–H groups in total. The molecular weight excluding hydrogens is 220 g/mol. The van der Waals surface area contributed by atoms with Gasteiger partial charge < -0.3 is 4.74 Å². The van der Waals surface area contributed by atoms with Gasteiger partial charge in [0.15, 0.2) is 0 Å². The summed E-state index contributed by atoms with van der Waals surface area (Å²) >= 11 is 0. The zero-order valence-corrected chi connectivity index (χ0v) is 10.7. The van der Waals surface area contributed by atoms with Gasteiger partial charge in [-0.15, -0.1) is 6.42 Å². The number of benzene rings is 2. The van der Waals surface area contributed by atoms with Crippen LogP contribution in [0.5, 0.6) is 11.5 Å². The maximum Gasteiger partial charge on any atom is 0.132 e. The molecule has 0 aromatic heterocycles. The summed E-state index contributed by atoms with van der Waals surface area (Å²) in [6, 6.07) is 17.6. The highest BCUT2D eigenvalue weighted by molar-refractivity contribution is 5.45. The molecule has 0 radical (unpaired) electrons. The van der Waals surface area contributed by atoms with Crippen molar-refractivity contribution < 1.29 is 4.74 Å². The number of rotatable bonds is 3. The summed E-state index contributed by atoms with van der Waals surface area (Å²) in [5, 5.41) is 0. The van der Waals surface area contributed by atoms with Gasteiger partial charge in [-0.25, -0.2) is 0 Å². The average Bonchev–Trinajstić information content (AvgIpc) is 2.40. The van der Waals surface area contributed by atoms with Gasteiger partial charge in [0.05, 0.1) is 5.41 Å². The van der Waals surface area contributed by atoms with E-state index in [9.17, 15) is 0 Å². The first-order chi connectivity index (χ1) is 8.63. The quantitative estimate of drug-likeness (QED) is 0.718. The predicted molar refractivity (Wildman–Crippen MR) is 74.8 cm³/mol. The third-order valence-electron chi connectivity index (χ3n) is 2.89. The molecule has 90 valence electrons. The molecule has 2 aromatic carbocycles. The Labute approximate surface area is 108 Å². The lowest BCUT2D eigenvalue weighted by atomic mass is 9.85. The van der Waals surface area contributed by atoms with Gasteiger partial charge in [-0.1, -0.05) is 42.3 Å². The van der Waals surface area contributed by atoms with E-state index in [0.29, 0.717) is 0 Å². The summed E-state index contributed by atoms with van der Waals surface area (Å²) in [4.78, 5) is 0. The number of hydrogen-bond acceptors (Lipinski definition) is 1. The van der Waals surface area contributed by atoms with E-state index >= 15 is 0 Å². The van der Waals surface area contributed by atoms with Gasteiger partial charge in [0.25, 0.3) is 0 Å². The van der Waals surface area contributed by atoms with Crippen LogP contribution in [0.2, 0.25) is 0 Å². The van der Waals surface area contributed by atoms with E-state index in [0.717, 1.165) is 17.1 Å². The van der Waals surface area contributed by atoms with Crippen molar-refractivity contribution in [1.82, 2.24) is 0 Å². The van der Waals surface area contributed by atoms with Crippen LogP contribution in [-0.2, 0) is 5.41 Å². The lowest BCUT2D eigenvalue weighted by Gasteiger charge is -2.21. The van der Waals surface area contributed by atoms with Crippen LogP contribution in [0.3, 0.4) is 0 Å². The lowest BCUT2D eigenvalue weighted by molar-refractivity contribution is 0.466. The van der Waals surface area contributed by atoms with Crippen molar-refractivity contribution in [3.63, 3.8) is 0 Å². The summed E-state index contributed by atoms with van der Waals surface area (Å²) < 4.78 is 5.90. The normalized spacial score (nSPS) is 10.7. The molecule has 0 heterocycles. The second kappa shape index (κ2) is 4.98. The van der Waals surface area contributed by atoms with Crippen molar-refractivity contribution in [2.75, 3.05) is 0 Å². The second-order valence-electron chi connectivity index (χ2n) is 4.68. The maximum atomic E-state index is 5.90. The van der Waals surface area contributed by atoms with Crippen LogP contribution in [0, 0.1) is 12.3 Å². The number of terminal acetylenes is 1. The Morgan fingerprint density at radius 1 is 0.944 bits per heavy atom. The first kappa shape index (κ1) is 12.3. The van der Waals surface area contributed by atoms with E-state index in [1.807, 2.05) is 68.4 Å². The minimum atomic E-state index is -0.342. The fourth-order valence-corrected chi connectivity index (χ4v) is 1.77. The van der Waals surface area contributed by atoms with Crippen molar-refractivity contribution in [1.29, 1.82) is 0 Å². The van der Waals surface area contributed by atoms with Gasteiger partial charge in [-0.05, 0) is 32.0 Å². The molecule has 0 saturated heterocycles. The van der Waals surface area contributed by atoms with Gasteiger partial charge >= 0.3 is 0 Å². The standard InChI is InChI=1S/C17H16O/c1-4-17(2,3)15-12-8-9-13-16(15)18-14-10-6-5-7-11-14/h1,5-13H,2-3H3. The van der Waals surface area contributed by atoms with Gasteiger partial charge in [-0.2, -0.15) is 0 Å². The molecule has 1 heteroatoms. The molecule has 0 fully saturated rings. The Bertz CT molecular complexity index is 562. The highest BCUT2D eigenvalue weighted by Crippen LogP contribution is 2.33. The van der Waals surface area contributed by atoms with Crippen LogP contribution >= 0.6 is 0 Å². The zero-order chi connectivity index (χ0) is 13.0. The zero-order valence-electron chi connectivity index (χ0n) is 10.7. The van der Waals surface area contributed by atoms with Gasteiger partial charge in [0.1, 0.15) is 11.5 Å². The molecule has 0 amide bonds. The van der Waals surface area contributed by atoms with Crippen molar-refractivity contribution in [2.24, 2.45) is 0 Å². The fourth-order valence-electron chi connectivity index (χ4n) is 1.77. The minimum absolute atomic E-state index is 0.342. The summed E-state index contributed by atoms with van der Waals surface area (Å²) in [7, 11) is 0. The smallest absolute Gasteiger partial charge is 0.132 e. The van der Waals surface area contributed by atoms with Crippen LogP contribution in [-0.4, -0.2) is 0 Å². The molecule has 0 unspecified atom stereocenters. The molecule has 0 aliphatic rings. The topological polar surface area (TPSA) is 9.23 Å². The first-order valence-corrected chi connectivity index (χ1v) is 5.93. The van der Waals surface area contributed by atoms with Crippen molar-refractivity contribution >= 4 is 0 Å². The summed E-state index contributed by atoms with van der Waals surface area (Å²) in [6.45, 7) is 4.03. The van der Waals surface area contributed by atoms with E-state index in [-0.39, 0.29) is 5.41 Å². The van der Waals surface area contributed by atoms with E-state index in [4.69, 9.17) is 11.2 Å². The minimum Gasteiger partial charge on any atom is -0.457 e. The Morgan fingerprint density at radius 3 is 2.22 bits per heavy atom. The molecular formula is C17H16O. The van der Waals surface area contributed by atoms with E-state index < -0.39 is 0 Å². The van der Waals surface area contributed by atoms with Crippen molar-refractivity contribution in [2.45, 2.75) is 19.3 Å². The predicted octanol–water partition coefficient (Wildman–Crippen LogP) is 4.39. The number of hydrogen-bond donors (Lipinski definition) is 0. The molecule has 2 rings (SSSR count). The monoisotopic (exact) mass is 236 g/mol. The third-order valence-corrected chi connectivity index (χ3v) is 2.89. The molecule has 18 heavy (non-hydrogen) atoms. The molecule has 0 bridgehead atoms. The average molecular weight is 236 g/mol. The second-order valence-corrected chi connectivity index (χ2v) is 4.68.